The Balaban J connectivity index is 4.02. The van der Waals surface area contributed by atoms with Crippen molar-refractivity contribution in [3.05, 3.63) is 23.8 Å². The van der Waals surface area contributed by atoms with Gasteiger partial charge in [0.1, 0.15) is 0 Å². The smallest absolute Gasteiger partial charge is 0.335 e. The molecule has 1 N–H and O–H groups in total. The van der Waals surface area contributed by atoms with Crippen LogP contribution in [0.4, 0.5) is 0 Å². The van der Waals surface area contributed by atoms with Gasteiger partial charge in [-0.3, -0.25) is 0 Å². The molecule has 3 nitrogen and oxygen atoms in total. The number of hydrogen-bond acceptors (Lipinski definition) is 3. The minimum Gasteiger partial charge on any atom is -0.466 e. The van der Waals surface area contributed by atoms with Crippen LogP contribution in [0, 0.1) is 0 Å². The molecule has 0 rings (SSSR count). The van der Waals surface area contributed by atoms with Crippen molar-refractivity contribution in [2.45, 2.75) is 32.8 Å². The van der Waals surface area contributed by atoms with Crippen LogP contribution in [-0.2, 0) is 9.53 Å². The van der Waals surface area contributed by atoms with Gasteiger partial charge in [-0.2, -0.15) is 0 Å². The highest BCUT2D eigenvalue weighted by molar-refractivity contribution is 5.88. The standard InChI is InChI=1S/C11H18O3/c1-5-8(2)6-7-10(12)9(3)11(13)14-4/h5,10,12H,3,6-7H2,1-2,4H3/b8-5+. The molecule has 1 atom stereocenters. The molecule has 0 aromatic heterocycles. The van der Waals surface area contributed by atoms with E-state index in [1.807, 2.05) is 19.9 Å². The molecule has 0 aliphatic rings. The van der Waals surface area contributed by atoms with E-state index in [1.54, 1.807) is 0 Å². The van der Waals surface area contributed by atoms with E-state index in [2.05, 4.69) is 11.3 Å². The number of ether oxygens (including phenoxy) is 1. The monoisotopic (exact) mass is 198 g/mol. The maximum Gasteiger partial charge on any atom is 0.335 e. The van der Waals surface area contributed by atoms with Gasteiger partial charge in [-0.05, 0) is 26.7 Å². The van der Waals surface area contributed by atoms with Gasteiger partial charge in [0.15, 0.2) is 0 Å². The second-order valence-electron chi connectivity index (χ2n) is 3.21. The van der Waals surface area contributed by atoms with Gasteiger partial charge in [-0.15, -0.1) is 0 Å². The molecule has 80 valence electrons. The van der Waals surface area contributed by atoms with Crippen molar-refractivity contribution in [2.75, 3.05) is 7.11 Å². The van der Waals surface area contributed by atoms with Crippen LogP contribution in [0.5, 0.6) is 0 Å². The second kappa shape index (κ2) is 6.38. The van der Waals surface area contributed by atoms with Crippen molar-refractivity contribution < 1.29 is 14.6 Å². The SMILES string of the molecule is C=C(C(=O)OC)C(O)CC/C(C)=C/C. The Morgan fingerprint density at radius 3 is 2.64 bits per heavy atom. The summed E-state index contributed by atoms with van der Waals surface area (Å²) < 4.78 is 4.45. The Hall–Kier alpha value is -1.09. The third kappa shape index (κ3) is 4.23. The number of hydrogen-bond donors (Lipinski definition) is 1. The molecule has 0 spiro atoms. The van der Waals surface area contributed by atoms with E-state index in [1.165, 1.54) is 12.7 Å². The predicted octanol–water partition coefficient (Wildman–Crippen LogP) is 1.82. The van der Waals surface area contributed by atoms with Crippen molar-refractivity contribution in [2.24, 2.45) is 0 Å². The fourth-order valence-electron chi connectivity index (χ4n) is 0.950. The number of carbonyl (C=O) groups excluding carboxylic acids is 1. The molecule has 3 heteroatoms. The van der Waals surface area contributed by atoms with Gasteiger partial charge in [0, 0.05) is 0 Å². The number of esters is 1. The van der Waals surface area contributed by atoms with Crippen molar-refractivity contribution in [1.29, 1.82) is 0 Å². The largest absolute Gasteiger partial charge is 0.466 e. The molecule has 0 fully saturated rings. The van der Waals surface area contributed by atoms with E-state index in [0.29, 0.717) is 6.42 Å². The summed E-state index contributed by atoms with van der Waals surface area (Å²) in [6.07, 6.45) is 2.43. The second-order valence-corrected chi connectivity index (χ2v) is 3.21. The summed E-state index contributed by atoms with van der Waals surface area (Å²) >= 11 is 0. The Morgan fingerprint density at radius 2 is 2.21 bits per heavy atom. The highest BCUT2D eigenvalue weighted by atomic mass is 16.5. The molecule has 0 saturated heterocycles. The van der Waals surface area contributed by atoms with Crippen molar-refractivity contribution in [1.82, 2.24) is 0 Å². The summed E-state index contributed by atoms with van der Waals surface area (Å²) in [7, 11) is 1.28. The van der Waals surface area contributed by atoms with Gasteiger partial charge < -0.3 is 9.84 Å². The number of carbonyl (C=O) groups is 1. The average molecular weight is 198 g/mol. The van der Waals surface area contributed by atoms with Gasteiger partial charge in [0.05, 0.1) is 18.8 Å². The fourth-order valence-corrected chi connectivity index (χ4v) is 0.950. The van der Waals surface area contributed by atoms with Crippen LogP contribution in [0.3, 0.4) is 0 Å². The number of aliphatic hydroxyl groups excluding tert-OH is 1. The summed E-state index contributed by atoms with van der Waals surface area (Å²) in [5.74, 6) is -0.546. The molecule has 1 unspecified atom stereocenters. The van der Waals surface area contributed by atoms with Crippen LogP contribution in [0.1, 0.15) is 26.7 Å². The normalized spacial score (nSPS) is 13.6. The van der Waals surface area contributed by atoms with E-state index >= 15 is 0 Å². The Kier molecular flexibility index (Phi) is 5.88. The lowest BCUT2D eigenvalue weighted by Crippen LogP contribution is -2.18. The summed E-state index contributed by atoms with van der Waals surface area (Å²) in [4.78, 5) is 11.0. The van der Waals surface area contributed by atoms with Gasteiger partial charge in [-0.25, -0.2) is 4.79 Å². The van der Waals surface area contributed by atoms with Crippen molar-refractivity contribution >= 4 is 5.97 Å². The van der Waals surface area contributed by atoms with Gasteiger partial charge in [-0.1, -0.05) is 18.2 Å². The lowest BCUT2D eigenvalue weighted by molar-refractivity contribution is -0.137. The topological polar surface area (TPSA) is 46.5 Å². The molecule has 0 heterocycles. The third-order valence-electron chi connectivity index (χ3n) is 2.15. The minimum atomic E-state index is -0.808. The maximum atomic E-state index is 11.0. The molecule has 0 aromatic carbocycles. The van der Waals surface area contributed by atoms with Gasteiger partial charge >= 0.3 is 5.97 Å². The summed E-state index contributed by atoms with van der Waals surface area (Å²) in [5, 5.41) is 9.54. The average Bonchev–Trinajstić information content (AvgIpc) is 2.22. The van der Waals surface area contributed by atoms with E-state index in [4.69, 9.17) is 0 Å². The summed E-state index contributed by atoms with van der Waals surface area (Å²) in [5.41, 5.74) is 1.30. The predicted molar refractivity (Wildman–Crippen MR) is 55.8 cm³/mol. The van der Waals surface area contributed by atoms with Crippen LogP contribution in [0.2, 0.25) is 0 Å². The van der Waals surface area contributed by atoms with Gasteiger partial charge in [0.2, 0.25) is 0 Å². The lowest BCUT2D eigenvalue weighted by Gasteiger charge is -2.11. The third-order valence-corrected chi connectivity index (χ3v) is 2.15. The zero-order valence-electron chi connectivity index (χ0n) is 9.04. The van der Waals surface area contributed by atoms with E-state index < -0.39 is 12.1 Å². The first-order chi connectivity index (χ1) is 6.52. The number of rotatable bonds is 5. The molecule has 0 bridgehead atoms. The molecular formula is C11H18O3. The van der Waals surface area contributed by atoms with Crippen LogP contribution >= 0.6 is 0 Å². The molecule has 0 amide bonds. The highest BCUT2D eigenvalue weighted by Crippen LogP contribution is 2.12. The molecule has 0 aliphatic carbocycles. The summed E-state index contributed by atoms with van der Waals surface area (Å²) in [6.45, 7) is 7.41. The summed E-state index contributed by atoms with van der Waals surface area (Å²) in [6, 6.07) is 0. The quantitative estimate of drug-likeness (QED) is 0.416. The van der Waals surface area contributed by atoms with Crippen LogP contribution in [0.25, 0.3) is 0 Å². The van der Waals surface area contributed by atoms with Gasteiger partial charge in [0.25, 0.3) is 0 Å². The van der Waals surface area contributed by atoms with E-state index in [0.717, 1.165) is 6.42 Å². The first-order valence-electron chi connectivity index (χ1n) is 4.59. The molecule has 14 heavy (non-hydrogen) atoms. The molecule has 0 radical (unpaired) electrons. The molecule has 0 aliphatic heterocycles. The van der Waals surface area contributed by atoms with E-state index in [9.17, 15) is 9.90 Å². The maximum absolute atomic E-state index is 11.0. The zero-order chi connectivity index (χ0) is 11.1. The van der Waals surface area contributed by atoms with Crippen molar-refractivity contribution in [3.8, 4) is 0 Å². The Labute approximate surface area is 85.1 Å². The molecule has 0 aromatic rings. The lowest BCUT2D eigenvalue weighted by atomic mass is 10.0. The van der Waals surface area contributed by atoms with Crippen LogP contribution < -0.4 is 0 Å². The number of methoxy groups -OCH3 is 1. The first kappa shape index (κ1) is 12.9. The Bertz CT molecular complexity index is 241. The van der Waals surface area contributed by atoms with E-state index in [-0.39, 0.29) is 5.57 Å². The number of aliphatic hydroxyl groups is 1. The van der Waals surface area contributed by atoms with Crippen LogP contribution in [-0.4, -0.2) is 24.3 Å². The van der Waals surface area contributed by atoms with Crippen molar-refractivity contribution in [3.63, 3.8) is 0 Å². The first-order valence-corrected chi connectivity index (χ1v) is 4.59. The fraction of sp³-hybridized carbons (Fsp3) is 0.545. The Morgan fingerprint density at radius 1 is 1.64 bits per heavy atom. The minimum absolute atomic E-state index is 0.122. The van der Waals surface area contributed by atoms with Crippen LogP contribution in [0.15, 0.2) is 23.8 Å². The highest BCUT2D eigenvalue weighted by Gasteiger charge is 2.16. The number of allylic oxidation sites excluding steroid dienone is 2. The molecular weight excluding hydrogens is 180 g/mol. The molecule has 0 saturated carbocycles. The zero-order valence-corrected chi connectivity index (χ0v) is 9.04.